The summed E-state index contributed by atoms with van der Waals surface area (Å²) in [7, 11) is 0. The SMILES string of the molecule is Cc1cnc(CNC(=O)c2cnc(NN)cn2)s1. The molecule has 4 N–H and O–H groups in total. The topological polar surface area (TPSA) is 106 Å². The van der Waals surface area contributed by atoms with E-state index in [2.05, 4.69) is 25.7 Å². The second-order valence-corrected chi connectivity index (χ2v) is 4.80. The van der Waals surface area contributed by atoms with Crippen LogP contribution in [-0.2, 0) is 6.54 Å². The first kappa shape index (κ1) is 12.4. The van der Waals surface area contributed by atoms with Gasteiger partial charge in [0.15, 0.2) is 5.82 Å². The summed E-state index contributed by atoms with van der Waals surface area (Å²) in [6.45, 7) is 2.35. The maximum atomic E-state index is 11.7. The molecular weight excluding hydrogens is 252 g/mol. The first-order chi connectivity index (χ1) is 8.69. The summed E-state index contributed by atoms with van der Waals surface area (Å²) in [6, 6.07) is 0. The number of thiazole rings is 1. The molecule has 0 aliphatic carbocycles. The van der Waals surface area contributed by atoms with E-state index in [-0.39, 0.29) is 11.6 Å². The zero-order valence-electron chi connectivity index (χ0n) is 9.67. The van der Waals surface area contributed by atoms with Gasteiger partial charge in [0.05, 0.1) is 18.9 Å². The molecule has 0 bridgehead atoms. The normalized spacial score (nSPS) is 10.1. The zero-order valence-corrected chi connectivity index (χ0v) is 10.5. The van der Waals surface area contributed by atoms with Gasteiger partial charge in [0, 0.05) is 11.1 Å². The summed E-state index contributed by atoms with van der Waals surface area (Å²) in [4.78, 5) is 24.8. The van der Waals surface area contributed by atoms with Crippen LogP contribution in [0, 0.1) is 6.92 Å². The van der Waals surface area contributed by atoms with E-state index < -0.39 is 0 Å². The Labute approximate surface area is 107 Å². The van der Waals surface area contributed by atoms with E-state index in [1.807, 2.05) is 6.92 Å². The maximum absolute atomic E-state index is 11.7. The molecule has 18 heavy (non-hydrogen) atoms. The van der Waals surface area contributed by atoms with Crippen molar-refractivity contribution in [2.45, 2.75) is 13.5 Å². The highest BCUT2D eigenvalue weighted by molar-refractivity contribution is 7.11. The Kier molecular flexibility index (Phi) is 3.80. The molecule has 7 nitrogen and oxygen atoms in total. The number of nitrogens with one attached hydrogen (secondary N) is 2. The molecule has 0 aliphatic heterocycles. The minimum absolute atomic E-state index is 0.238. The highest BCUT2D eigenvalue weighted by Gasteiger charge is 2.08. The molecule has 2 aromatic heterocycles. The molecule has 8 heteroatoms. The lowest BCUT2D eigenvalue weighted by molar-refractivity contribution is 0.0945. The van der Waals surface area contributed by atoms with Gasteiger partial charge in [-0.1, -0.05) is 0 Å². The van der Waals surface area contributed by atoms with Gasteiger partial charge in [0.25, 0.3) is 5.91 Å². The van der Waals surface area contributed by atoms with Crippen LogP contribution >= 0.6 is 11.3 Å². The number of aryl methyl sites for hydroxylation is 1. The number of nitrogen functional groups attached to an aromatic ring is 1. The first-order valence-electron chi connectivity index (χ1n) is 5.17. The summed E-state index contributed by atoms with van der Waals surface area (Å²) < 4.78 is 0. The Balaban J connectivity index is 1.94. The molecule has 0 saturated heterocycles. The van der Waals surface area contributed by atoms with Crippen LogP contribution in [-0.4, -0.2) is 20.9 Å². The number of hydrogen-bond acceptors (Lipinski definition) is 7. The predicted molar refractivity (Wildman–Crippen MR) is 67.9 cm³/mol. The van der Waals surface area contributed by atoms with E-state index in [4.69, 9.17) is 5.84 Å². The lowest BCUT2D eigenvalue weighted by Crippen LogP contribution is -2.24. The summed E-state index contributed by atoms with van der Waals surface area (Å²) in [5.41, 5.74) is 2.58. The molecule has 0 aromatic carbocycles. The first-order valence-corrected chi connectivity index (χ1v) is 5.99. The summed E-state index contributed by atoms with van der Waals surface area (Å²) in [5.74, 6) is 5.27. The van der Waals surface area contributed by atoms with E-state index in [9.17, 15) is 4.79 Å². The van der Waals surface area contributed by atoms with Crippen molar-refractivity contribution >= 4 is 23.1 Å². The number of rotatable bonds is 4. The van der Waals surface area contributed by atoms with Crippen LogP contribution in [0.5, 0.6) is 0 Å². The number of carbonyl (C=O) groups excluding carboxylic acids is 1. The van der Waals surface area contributed by atoms with Crippen molar-refractivity contribution in [2.75, 3.05) is 5.43 Å². The van der Waals surface area contributed by atoms with Gasteiger partial charge in [-0.3, -0.25) is 4.79 Å². The van der Waals surface area contributed by atoms with Crippen molar-refractivity contribution in [1.82, 2.24) is 20.3 Å². The van der Waals surface area contributed by atoms with Crippen LogP contribution in [0.4, 0.5) is 5.82 Å². The van der Waals surface area contributed by atoms with Crippen molar-refractivity contribution in [1.29, 1.82) is 0 Å². The molecule has 0 fully saturated rings. The van der Waals surface area contributed by atoms with Crippen LogP contribution < -0.4 is 16.6 Å². The molecule has 1 amide bonds. The Morgan fingerprint density at radius 3 is 2.72 bits per heavy atom. The van der Waals surface area contributed by atoms with Crippen LogP contribution in [0.2, 0.25) is 0 Å². The van der Waals surface area contributed by atoms with Gasteiger partial charge in [-0.05, 0) is 6.92 Å². The van der Waals surface area contributed by atoms with Crippen LogP contribution in [0.3, 0.4) is 0 Å². The van der Waals surface area contributed by atoms with Crippen LogP contribution in [0.15, 0.2) is 18.6 Å². The quantitative estimate of drug-likeness (QED) is 0.547. The fraction of sp³-hybridized carbons (Fsp3) is 0.200. The molecule has 0 saturated carbocycles. The Morgan fingerprint density at radius 2 is 2.17 bits per heavy atom. The third-order valence-corrected chi connectivity index (χ3v) is 3.01. The van der Waals surface area contributed by atoms with Crippen LogP contribution in [0.1, 0.15) is 20.4 Å². The average Bonchev–Trinajstić information content (AvgIpc) is 2.82. The van der Waals surface area contributed by atoms with Gasteiger partial charge in [-0.25, -0.2) is 20.8 Å². The third-order valence-electron chi connectivity index (χ3n) is 2.10. The number of amides is 1. The van der Waals surface area contributed by atoms with Crippen LogP contribution in [0.25, 0.3) is 0 Å². The number of carbonyl (C=O) groups is 1. The van der Waals surface area contributed by atoms with Gasteiger partial charge in [0.2, 0.25) is 0 Å². The number of hydrazine groups is 1. The van der Waals surface area contributed by atoms with Crippen molar-refractivity contribution in [3.8, 4) is 0 Å². The predicted octanol–water partition coefficient (Wildman–Crippen LogP) is 0.457. The summed E-state index contributed by atoms with van der Waals surface area (Å²) in [6.07, 6.45) is 4.52. The Bertz CT molecular complexity index is 538. The number of anilines is 1. The minimum atomic E-state index is -0.293. The van der Waals surface area contributed by atoms with E-state index >= 15 is 0 Å². The molecule has 0 spiro atoms. The zero-order chi connectivity index (χ0) is 13.0. The second-order valence-electron chi connectivity index (χ2n) is 3.48. The van der Waals surface area contributed by atoms with E-state index in [1.165, 1.54) is 12.4 Å². The highest BCUT2D eigenvalue weighted by atomic mass is 32.1. The Hall–Kier alpha value is -2.06. The fourth-order valence-electron chi connectivity index (χ4n) is 1.25. The van der Waals surface area contributed by atoms with Gasteiger partial charge in [-0.2, -0.15) is 0 Å². The van der Waals surface area contributed by atoms with Crippen molar-refractivity contribution in [3.63, 3.8) is 0 Å². The van der Waals surface area contributed by atoms with Crippen molar-refractivity contribution < 1.29 is 4.79 Å². The van der Waals surface area contributed by atoms with E-state index in [1.54, 1.807) is 17.5 Å². The summed E-state index contributed by atoms with van der Waals surface area (Å²) >= 11 is 1.54. The van der Waals surface area contributed by atoms with E-state index in [0.717, 1.165) is 9.88 Å². The number of nitrogens with two attached hydrogens (primary N) is 1. The fourth-order valence-corrected chi connectivity index (χ4v) is 1.98. The smallest absolute Gasteiger partial charge is 0.271 e. The standard InChI is InChI=1S/C10H12N6OS/c1-6-2-14-9(18-6)5-15-10(17)7-3-13-8(16-11)4-12-7/h2-4H,5,11H2,1H3,(H,13,16)(H,15,17). The minimum Gasteiger partial charge on any atom is -0.344 e. The molecule has 0 aliphatic rings. The molecule has 2 heterocycles. The number of hydrogen-bond donors (Lipinski definition) is 3. The highest BCUT2D eigenvalue weighted by Crippen LogP contribution is 2.10. The Morgan fingerprint density at radius 1 is 1.33 bits per heavy atom. The van der Waals surface area contributed by atoms with Crippen molar-refractivity contribution in [2.24, 2.45) is 5.84 Å². The summed E-state index contributed by atoms with van der Waals surface area (Å²) in [5, 5.41) is 3.58. The monoisotopic (exact) mass is 264 g/mol. The lowest BCUT2D eigenvalue weighted by Gasteiger charge is -2.03. The molecule has 94 valence electrons. The largest absolute Gasteiger partial charge is 0.344 e. The van der Waals surface area contributed by atoms with Gasteiger partial charge in [-0.15, -0.1) is 11.3 Å². The molecule has 0 unspecified atom stereocenters. The van der Waals surface area contributed by atoms with Gasteiger partial charge in [0.1, 0.15) is 10.7 Å². The molecule has 2 aromatic rings. The number of nitrogens with zero attached hydrogens (tertiary/aromatic N) is 3. The third kappa shape index (κ3) is 2.99. The average molecular weight is 264 g/mol. The second kappa shape index (κ2) is 5.52. The molecule has 0 radical (unpaired) electrons. The molecule has 2 rings (SSSR count). The molecule has 0 atom stereocenters. The van der Waals surface area contributed by atoms with Gasteiger partial charge < -0.3 is 10.7 Å². The lowest BCUT2D eigenvalue weighted by atomic mass is 10.4. The van der Waals surface area contributed by atoms with Crippen molar-refractivity contribution in [3.05, 3.63) is 34.2 Å². The number of aromatic nitrogens is 3. The van der Waals surface area contributed by atoms with Gasteiger partial charge >= 0.3 is 0 Å². The molecular formula is C10H12N6OS. The maximum Gasteiger partial charge on any atom is 0.271 e. The van der Waals surface area contributed by atoms with E-state index in [0.29, 0.717) is 12.4 Å².